The predicted octanol–water partition coefficient (Wildman–Crippen LogP) is 0.655. The van der Waals surface area contributed by atoms with Gasteiger partial charge in [-0.25, -0.2) is 0 Å². The van der Waals surface area contributed by atoms with Crippen molar-refractivity contribution in [1.29, 1.82) is 0 Å². The Bertz CT molecular complexity index is 115. The van der Waals surface area contributed by atoms with Crippen LogP contribution in [0.3, 0.4) is 0 Å². The molecule has 0 aromatic heterocycles. The van der Waals surface area contributed by atoms with Crippen molar-refractivity contribution >= 4 is 28.5 Å². The summed E-state index contributed by atoms with van der Waals surface area (Å²) in [4.78, 5) is 4.03. The van der Waals surface area contributed by atoms with Crippen LogP contribution < -0.4 is 5.73 Å². The lowest BCUT2D eigenvalue weighted by molar-refractivity contribution is 0.872. The van der Waals surface area contributed by atoms with Gasteiger partial charge in [0, 0.05) is 11.6 Å². The highest BCUT2D eigenvalue weighted by Crippen LogP contribution is 2.15. The lowest BCUT2D eigenvalue weighted by Crippen LogP contribution is -2.05. The van der Waals surface area contributed by atoms with E-state index in [1.165, 1.54) is 0 Å². The molecule has 1 atom stereocenters. The fraction of sp³-hybridized carbons (Fsp3) is 0.750. The molecule has 0 saturated heterocycles. The van der Waals surface area contributed by atoms with Crippen molar-refractivity contribution in [1.82, 2.24) is 0 Å². The van der Waals surface area contributed by atoms with E-state index < -0.39 is 0 Å². The van der Waals surface area contributed by atoms with Gasteiger partial charge in [0.15, 0.2) is 5.17 Å². The Morgan fingerprint density at radius 1 is 2.00 bits per heavy atom. The molecule has 46 valence electrons. The fourth-order valence-corrected chi connectivity index (χ4v) is 1.60. The molecule has 0 aromatic rings. The number of halogens is 1. The SMILES string of the molecule is NC1=NC(CCl)CS1. The maximum absolute atomic E-state index is 5.50. The van der Waals surface area contributed by atoms with Crippen LogP contribution in [0.2, 0.25) is 0 Å². The Labute approximate surface area is 57.5 Å². The number of aliphatic imine (C=N–C) groups is 1. The lowest BCUT2D eigenvalue weighted by Gasteiger charge is -1.93. The number of thioether (sulfide) groups is 1. The molecule has 0 amide bonds. The summed E-state index contributed by atoms with van der Waals surface area (Å²) >= 11 is 7.07. The number of hydrogen-bond donors (Lipinski definition) is 1. The summed E-state index contributed by atoms with van der Waals surface area (Å²) in [5.74, 6) is 1.54. The van der Waals surface area contributed by atoms with Gasteiger partial charge in [0.25, 0.3) is 0 Å². The summed E-state index contributed by atoms with van der Waals surface area (Å²) in [6.45, 7) is 0. The average molecular weight is 151 g/mol. The van der Waals surface area contributed by atoms with Crippen LogP contribution in [0.15, 0.2) is 4.99 Å². The second-order valence-electron chi connectivity index (χ2n) is 1.59. The molecule has 0 radical (unpaired) electrons. The van der Waals surface area contributed by atoms with Gasteiger partial charge in [-0.05, 0) is 0 Å². The molecule has 0 aliphatic carbocycles. The monoisotopic (exact) mass is 150 g/mol. The molecule has 0 fully saturated rings. The van der Waals surface area contributed by atoms with Crippen molar-refractivity contribution in [2.45, 2.75) is 6.04 Å². The molecule has 8 heavy (non-hydrogen) atoms. The van der Waals surface area contributed by atoms with E-state index in [-0.39, 0.29) is 6.04 Å². The van der Waals surface area contributed by atoms with E-state index in [2.05, 4.69) is 4.99 Å². The Morgan fingerprint density at radius 3 is 3.00 bits per heavy atom. The standard InChI is InChI=1S/C4H7ClN2S/c5-1-3-2-8-4(6)7-3/h3H,1-2H2,(H2,6,7). The second-order valence-corrected chi connectivity index (χ2v) is 2.94. The highest BCUT2D eigenvalue weighted by molar-refractivity contribution is 8.14. The van der Waals surface area contributed by atoms with E-state index in [0.717, 1.165) is 5.75 Å². The first-order valence-corrected chi connectivity index (χ1v) is 3.87. The molecule has 1 aliphatic rings. The zero-order valence-corrected chi connectivity index (χ0v) is 5.87. The number of rotatable bonds is 1. The van der Waals surface area contributed by atoms with Gasteiger partial charge in [-0.3, -0.25) is 4.99 Å². The highest BCUT2D eigenvalue weighted by Gasteiger charge is 2.13. The topological polar surface area (TPSA) is 38.4 Å². The van der Waals surface area contributed by atoms with E-state index in [1.54, 1.807) is 11.8 Å². The summed E-state index contributed by atoms with van der Waals surface area (Å²) < 4.78 is 0. The maximum Gasteiger partial charge on any atom is 0.154 e. The Morgan fingerprint density at radius 2 is 2.75 bits per heavy atom. The van der Waals surface area contributed by atoms with E-state index in [1.807, 2.05) is 0 Å². The van der Waals surface area contributed by atoms with Crippen LogP contribution in [-0.2, 0) is 0 Å². The van der Waals surface area contributed by atoms with Crippen molar-refractivity contribution < 1.29 is 0 Å². The summed E-state index contributed by atoms with van der Waals surface area (Å²) in [5.41, 5.74) is 5.36. The summed E-state index contributed by atoms with van der Waals surface area (Å²) in [6.07, 6.45) is 0. The summed E-state index contributed by atoms with van der Waals surface area (Å²) in [7, 11) is 0. The average Bonchev–Trinajstić information content (AvgIpc) is 2.14. The summed E-state index contributed by atoms with van der Waals surface area (Å²) in [5, 5.41) is 0.677. The largest absolute Gasteiger partial charge is 0.379 e. The van der Waals surface area contributed by atoms with Crippen LogP contribution in [-0.4, -0.2) is 22.8 Å². The van der Waals surface area contributed by atoms with Crippen LogP contribution in [0, 0.1) is 0 Å². The van der Waals surface area contributed by atoms with Gasteiger partial charge in [0.1, 0.15) is 0 Å². The molecule has 0 spiro atoms. The zero-order chi connectivity index (χ0) is 5.98. The molecule has 1 rings (SSSR count). The first kappa shape index (κ1) is 6.23. The van der Waals surface area contributed by atoms with Crippen molar-refractivity contribution in [3.8, 4) is 0 Å². The van der Waals surface area contributed by atoms with Crippen LogP contribution >= 0.6 is 23.4 Å². The molecule has 0 aromatic carbocycles. The number of hydrogen-bond acceptors (Lipinski definition) is 3. The molecular weight excluding hydrogens is 144 g/mol. The van der Waals surface area contributed by atoms with Gasteiger partial charge in [-0.2, -0.15) is 0 Å². The van der Waals surface area contributed by atoms with Gasteiger partial charge >= 0.3 is 0 Å². The lowest BCUT2D eigenvalue weighted by atomic mass is 10.4. The van der Waals surface area contributed by atoms with Crippen LogP contribution in [0.4, 0.5) is 0 Å². The van der Waals surface area contributed by atoms with Gasteiger partial charge in [-0.1, -0.05) is 11.8 Å². The van der Waals surface area contributed by atoms with Crippen molar-refractivity contribution in [3.63, 3.8) is 0 Å². The molecule has 0 bridgehead atoms. The normalized spacial score (nSPS) is 28.1. The number of nitrogens with zero attached hydrogens (tertiary/aromatic N) is 1. The van der Waals surface area contributed by atoms with E-state index in [9.17, 15) is 0 Å². The Balaban J connectivity index is 2.41. The predicted molar refractivity (Wildman–Crippen MR) is 38.6 cm³/mol. The van der Waals surface area contributed by atoms with Crippen molar-refractivity contribution in [2.75, 3.05) is 11.6 Å². The first-order chi connectivity index (χ1) is 3.83. The fourth-order valence-electron chi connectivity index (χ4n) is 0.515. The first-order valence-electron chi connectivity index (χ1n) is 2.35. The van der Waals surface area contributed by atoms with Gasteiger partial charge in [-0.15, -0.1) is 11.6 Å². The zero-order valence-electron chi connectivity index (χ0n) is 4.30. The molecule has 0 saturated carbocycles. The molecule has 1 heterocycles. The second kappa shape index (κ2) is 2.60. The third-order valence-electron chi connectivity index (χ3n) is 0.912. The molecule has 4 heteroatoms. The third kappa shape index (κ3) is 1.29. The van der Waals surface area contributed by atoms with Gasteiger partial charge < -0.3 is 5.73 Å². The number of amidine groups is 1. The van der Waals surface area contributed by atoms with Crippen LogP contribution in [0.5, 0.6) is 0 Å². The van der Waals surface area contributed by atoms with Crippen molar-refractivity contribution in [3.05, 3.63) is 0 Å². The van der Waals surface area contributed by atoms with Gasteiger partial charge in [0.2, 0.25) is 0 Å². The van der Waals surface area contributed by atoms with E-state index in [0.29, 0.717) is 11.0 Å². The highest BCUT2D eigenvalue weighted by atomic mass is 35.5. The molecule has 2 nitrogen and oxygen atoms in total. The maximum atomic E-state index is 5.50. The summed E-state index contributed by atoms with van der Waals surface area (Å²) in [6, 6.07) is 0.265. The smallest absolute Gasteiger partial charge is 0.154 e. The number of nitrogens with two attached hydrogens (primary N) is 1. The Kier molecular flexibility index (Phi) is 2.02. The minimum absolute atomic E-state index is 0.265. The van der Waals surface area contributed by atoms with E-state index >= 15 is 0 Å². The molecule has 1 unspecified atom stereocenters. The van der Waals surface area contributed by atoms with Crippen LogP contribution in [0.25, 0.3) is 0 Å². The molecular formula is C4H7ClN2S. The van der Waals surface area contributed by atoms with Gasteiger partial charge in [0.05, 0.1) is 6.04 Å². The minimum atomic E-state index is 0.265. The van der Waals surface area contributed by atoms with Crippen LogP contribution in [0.1, 0.15) is 0 Å². The molecule has 1 aliphatic heterocycles. The quantitative estimate of drug-likeness (QED) is 0.558. The van der Waals surface area contributed by atoms with E-state index in [4.69, 9.17) is 17.3 Å². The van der Waals surface area contributed by atoms with Crippen molar-refractivity contribution in [2.24, 2.45) is 10.7 Å². The number of alkyl halides is 1. The molecule has 2 N–H and O–H groups in total. The minimum Gasteiger partial charge on any atom is -0.379 e. The Hall–Kier alpha value is 0.110. The third-order valence-corrected chi connectivity index (χ3v) is 2.22.